The molecule has 23 heavy (non-hydrogen) atoms. The Bertz CT molecular complexity index is 589. The third kappa shape index (κ3) is 4.42. The number of nitrogens with one attached hydrogen (secondary N) is 1. The summed E-state index contributed by atoms with van der Waals surface area (Å²) in [6.07, 6.45) is 1.75. The lowest BCUT2D eigenvalue weighted by Crippen LogP contribution is -2.46. The van der Waals surface area contributed by atoms with Gasteiger partial charge in [-0.2, -0.15) is 0 Å². The molecule has 0 saturated carbocycles. The molecular weight excluding hydrogens is 323 g/mol. The fraction of sp³-hybridized carbons (Fsp3) is 0.500. The van der Waals surface area contributed by atoms with Crippen LogP contribution in [0.3, 0.4) is 0 Å². The molecule has 5 nitrogen and oxygen atoms in total. The standard InChI is InChI=1S/C16H20ClFN2O3/c1-2-14(16(22)23)20-7-5-10(6-8-20)15(21)19-11-3-4-13(18)12(17)9-11/h3-4,9-10,14H,2,5-8H2,1H3,(H,19,21)(H,22,23). The highest BCUT2D eigenvalue weighted by molar-refractivity contribution is 6.31. The monoisotopic (exact) mass is 342 g/mol. The average molecular weight is 343 g/mol. The van der Waals surface area contributed by atoms with E-state index in [1.54, 1.807) is 0 Å². The predicted octanol–water partition coefficient (Wildman–Crippen LogP) is 2.99. The summed E-state index contributed by atoms with van der Waals surface area (Å²) in [6, 6.07) is 3.56. The van der Waals surface area contributed by atoms with Gasteiger partial charge in [-0.15, -0.1) is 0 Å². The summed E-state index contributed by atoms with van der Waals surface area (Å²) in [6.45, 7) is 3.00. The summed E-state index contributed by atoms with van der Waals surface area (Å²) in [4.78, 5) is 25.3. The van der Waals surface area contributed by atoms with E-state index in [2.05, 4.69) is 5.32 Å². The number of aliphatic carboxylic acids is 1. The van der Waals surface area contributed by atoms with Crippen LogP contribution in [0.25, 0.3) is 0 Å². The molecule has 0 aliphatic carbocycles. The van der Waals surface area contributed by atoms with Crippen molar-refractivity contribution < 1.29 is 19.1 Å². The maximum atomic E-state index is 13.1. The second-order valence-electron chi connectivity index (χ2n) is 5.69. The van der Waals surface area contributed by atoms with Crippen LogP contribution in [0.2, 0.25) is 5.02 Å². The van der Waals surface area contributed by atoms with Crippen LogP contribution < -0.4 is 5.32 Å². The molecule has 0 aromatic heterocycles. The molecule has 1 aliphatic rings. The molecule has 0 radical (unpaired) electrons. The second-order valence-corrected chi connectivity index (χ2v) is 6.10. The zero-order valence-electron chi connectivity index (χ0n) is 12.9. The maximum Gasteiger partial charge on any atom is 0.320 e. The predicted molar refractivity (Wildman–Crippen MR) is 86.1 cm³/mol. The van der Waals surface area contributed by atoms with E-state index in [1.165, 1.54) is 18.2 Å². The molecule has 1 fully saturated rings. The number of piperidine rings is 1. The lowest BCUT2D eigenvalue weighted by molar-refractivity contribution is -0.144. The number of carboxylic acid groups (broad SMARTS) is 1. The number of carbonyl (C=O) groups excluding carboxylic acids is 1. The first kappa shape index (κ1) is 17.7. The molecule has 1 unspecified atom stereocenters. The van der Waals surface area contributed by atoms with Gasteiger partial charge in [0.15, 0.2) is 0 Å². The van der Waals surface area contributed by atoms with Crippen LogP contribution in [0.15, 0.2) is 18.2 Å². The van der Waals surface area contributed by atoms with Gasteiger partial charge < -0.3 is 10.4 Å². The molecule has 0 spiro atoms. The minimum atomic E-state index is -0.823. The van der Waals surface area contributed by atoms with Crippen molar-refractivity contribution in [1.29, 1.82) is 0 Å². The van der Waals surface area contributed by atoms with Gasteiger partial charge in [-0.25, -0.2) is 4.39 Å². The second kappa shape index (κ2) is 7.75. The molecule has 2 N–H and O–H groups in total. The topological polar surface area (TPSA) is 69.6 Å². The van der Waals surface area contributed by atoms with E-state index in [9.17, 15) is 19.1 Å². The van der Waals surface area contributed by atoms with Crippen molar-refractivity contribution in [2.24, 2.45) is 5.92 Å². The van der Waals surface area contributed by atoms with Gasteiger partial charge in [0.25, 0.3) is 0 Å². The first-order valence-electron chi connectivity index (χ1n) is 7.65. The molecule has 0 bridgehead atoms. The van der Waals surface area contributed by atoms with E-state index < -0.39 is 17.8 Å². The number of amides is 1. The largest absolute Gasteiger partial charge is 0.480 e. The van der Waals surface area contributed by atoms with Gasteiger partial charge in [-0.3, -0.25) is 14.5 Å². The number of hydrogen-bond donors (Lipinski definition) is 2. The summed E-state index contributed by atoms with van der Waals surface area (Å²) >= 11 is 5.69. The molecule has 1 aromatic rings. The highest BCUT2D eigenvalue weighted by Gasteiger charge is 2.31. The van der Waals surface area contributed by atoms with Gasteiger partial charge in [0.1, 0.15) is 11.9 Å². The molecule has 126 valence electrons. The minimum Gasteiger partial charge on any atom is -0.480 e. The minimum absolute atomic E-state index is 0.0372. The highest BCUT2D eigenvalue weighted by atomic mass is 35.5. The molecule has 1 aromatic carbocycles. The number of halogens is 2. The fourth-order valence-corrected chi connectivity index (χ4v) is 3.06. The Kier molecular flexibility index (Phi) is 5.96. The van der Waals surface area contributed by atoms with E-state index in [1.807, 2.05) is 11.8 Å². The van der Waals surface area contributed by atoms with Crippen LogP contribution in [0, 0.1) is 11.7 Å². The Hall–Kier alpha value is -1.66. The molecule has 1 amide bonds. The summed E-state index contributed by atoms with van der Waals surface area (Å²) in [7, 11) is 0. The lowest BCUT2D eigenvalue weighted by atomic mass is 9.94. The summed E-state index contributed by atoms with van der Waals surface area (Å²) in [5.74, 6) is -1.68. The van der Waals surface area contributed by atoms with Gasteiger partial charge in [0.2, 0.25) is 5.91 Å². The van der Waals surface area contributed by atoms with Crippen LogP contribution in [-0.4, -0.2) is 41.0 Å². The van der Waals surface area contributed by atoms with Gasteiger partial charge in [0.05, 0.1) is 5.02 Å². The van der Waals surface area contributed by atoms with Gasteiger partial charge >= 0.3 is 5.97 Å². The average Bonchev–Trinajstić information content (AvgIpc) is 2.52. The van der Waals surface area contributed by atoms with Crippen molar-refractivity contribution in [3.05, 3.63) is 29.0 Å². The van der Waals surface area contributed by atoms with Crippen molar-refractivity contribution in [1.82, 2.24) is 4.90 Å². The number of hydrogen-bond acceptors (Lipinski definition) is 3. The van der Waals surface area contributed by atoms with Crippen LogP contribution in [0.5, 0.6) is 0 Å². The van der Waals surface area contributed by atoms with Gasteiger partial charge in [-0.05, 0) is 50.6 Å². The first-order chi connectivity index (χ1) is 10.9. The van der Waals surface area contributed by atoms with Crippen LogP contribution in [0.1, 0.15) is 26.2 Å². The van der Waals surface area contributed by atoms with E-state index in [-0.39, 0.29) is 16.8 Å². The Morgan fingerprint density at radius 3 is 2.61 bits per heavy atom. The van der Waals surface area contributed by atoms with Gasteiger partial charge in [0, 0.05) is 11.6 Å². The molecular formula is C16H20ClFN2O3. The molecule has 7 heteroatoms. The Morgan fingerprint density at radius 1 is 1.43 bits per heavy atom. The molecule has 1 saturated heterocycles. The van der Waals surface area contributed by atoms with E-state index in [0.29, 0.717) is 38.0 Å². The third-order valence-corrected chi connectivity index (χ3v) is 4.49. The van der Waals surface area contributed by atoms with E-state index >= 15 is 0 Å². The third-order valence-electron chi connectivity index (χ3n) is 4.20. The normalized spacial score (nSPS) is 17.7. The molecule has 1 atom stereocenters. The SMILES string of the molecule is CCC(C(=O)O)N1CCC(C(=O)Nc2ccc(F)c(Cl)c2)CC1. The molecule has 2 rings (SSSR count). The number of carboxylic acids is 1. The fourth-order valence-electron chi connectivity index (χ4n) is 2.88. The van der Waals surface area contributed by atoms with Crippen molar-refractivity contribution in [3.63, 3.8) is 0 Å². The van der Waals surface area contributed by atoms with Crippen molar-refractivity contribution in [2.45, 2.75) is 32.2 Å². The number of likely N-dealkylation sites (tertiary alicyclic amines) is 1. The first-order valence-corrected chi connectivity index (χ1v) is 8.03. The molecule has 1 heterocycles. The molecule has 1 aliphatic heterocycles. The Balaban J connectivity index is 1.90. The maximum absolute atomic E-state index is 13.1. The van der Waals surface area contributed by atoms with Gasteiger partial charge in [-0.1, -0.05) is 18.5 Å². The summed E-state index contributed by atoms with van der Waals surface area (Å²) in [5.41, 5.74) is 0.459. The zero-order valence-corrected chi connectivity index (χ0v) is 13.6. The van der Waals surface area contributed by atoms with Crippen LogP contribution in [-0.2, 0) is 9.59 Å². The van der Waals surface area contributed by atoms with E-state index in [0.717, 1.165) is 0 Å². The van der Waals surface area contributed by atoms with Crippen molar-refractivity contribution in [3.8, 4) is 0 Å². The van der Waals surface area contributed by atoms with Crippen LogP contribution in [0.4, 0.5) is 10.1 Å². The zero-order chi connectivity index (χ0) is 17.0. The quantitative estimate of drug-likeness (QED) is 0.863. The lowest BCUT2D eigenvalue weighted by Gasteiger charge is -2.34. The Labute approximate surface area is 139 Å². The number of carbonyl (C=O) groups is 2. The number of anilines is 1. The van der Waals surface area contributed by atoms with Crippen molar-refractivity contribution in [2.75, 3.05) is 18.4 Å². The van der Waals surface area contributed by atoms with E-state index in [4.69, 9.17) is 11.6 Å². The van der Waals surface area contributed by atoms with Crippen LogP contribution >= 0.6 is 11.6 Å². The number of rotatable bonds is 5. The number of benzene rings is 1. The number of nitrogens with zero attached hydrogens (tertiary/aromatic N) is 1. The smallest absolute Gasteiger partial charge is 0.320 e. The van der Waals surface area contributed by atoms with Crippen molar-refractivity contribution >= 4 is 29.2 Å². The highest BCUT2D eigenvalue weighted by Crippen LogP contribution is 2.24. The Morgan fingerprint density at radius 2 is 2.09 bits per heavy atom. The summed E-state index contributed by atoms with van der Waals surface area (Å²) < 4.78 is 13.1. The summed E-state index contributed by atoms with van der Waals surface area (Å²) in [5, 5.41) is 11.9.